The Kier molecular flexibility index (Phi) is 7.94. The number of nitrogens with one attached hydrogen (secondary N) is 2. The lowest BCUT2D eigenvalue weighted by molar-refractivity contribution is -0.120. The summed E-state index contributed by atoms with van der Waals surface area (Å²) in [5.41, 5.74) is 2.85. The molecule has 2 aromatic carbocycles. The largest absolute Gasteiger partial charge is 0.503 e. The third-order valence-corrected chi connectivity index (χ3v) is 4.11. The Labute approximate surface area is 169 Å². The number of phenolic OH excluding ortho intramolecular Hbond substituents is 1. The van der Waals surface area contributed by atoms with Gasteiger partial charge in [-0.2, -0.15) is 5.10 Å². The van der Waals surface area contributed by atoms with Gasteiger partial charge in [0.15, 0.2) is 11.5 Å². The van der Waals surface area contributed by atoms with Crippen LogP contribution in [0.3, 0.4) is 0 Å². The van der Waals surface area contributed by atoms with Crippen molar-refractivity contribution in [1.29, 1.82) is 0 Å². The van der Waals surface area contributed by atoms with Gasteiger partial charge in [-0.15, -0.1) is 0 Å². The van der Waals surface area contributed by atoms with Crippen molar-refractivity contribution < 1.29 is 23.8 Å². The second kappa shape index (κ2) is 10.4. The molecule has 0 bridgehead atoms. The molecule has 0 aromatic heterocycles. The fourth-order valence-corrected chi connectivity index (χ4v) is 2.66. The van der Waals surface area contributed by atoms with Crippen LogP contribution in [0.2, 0.25) is 0 Å². The van der Waals surface area contributed by atoms with Gasteiger partial charge in [-0.1, -0.05) is 12.1 Å². The highest BCUT2D eigenvalue weighted by atomic mass is 79.9. The van der Waals surface area contributed by atoms with Gasteiger partial charge in [0.2, 0.25) is 5.91 Å². The van der Waals surface area contributed by atoms with E-state index in [0.29, 0.717) is 22.4 Å². The lowest BCUT2D eigenvalue weighted by atomic mass is 10.2. The maximum Gasteiger partial charge on any atom is 0.254 e. The molecular formula is C19H19BrFN3O4. The molecule has 0 spiro atoms. The van der Waals surface area contributed by atoms with Crippen LogP contribution in [0.5, 0.6) is 11.5 Å². The predicted octanol–water partition coefficient (Wildman–Crippen LogP) is 2.96. The summed E-state index contributed by atoms with van der Waals surface area (Å²) in [6.07, 6.45) is 1.36. The summed E-state index contributed by atoms with van der Waals surface area (Å²) in [6.45, 7) is 2.21. The molecule has 0 aliphatic carbocycles. The number of rotatable bonds is 8. The smallest absolute Gasteiger partial charge is 0.254 e. The maximum absolute atomic E-state index is 13.5. The normalized spacial score (nSPS) is 10.7. The number of carbonyl (C=O) groups excluding carboxylic acids is 2. The fraction of sp³-hybridized carbons (Fsp3) is 0.211. The third-order valence-electron chi connectivity index (χ3n) is 3.51. The van der Waals surface area contributed by atoms with Gasteiger partial charge < -0.3 is 15.2 Å². The number of carbonyl (C=O) groups is 2. The van der Waals surface area contributed by atoms with Crippen LogP contribution < -0.4 is 15.5 Å². The van der Waals surface area contributed by atoms with E-state index >= 15 is 0 Å². The summed E-state index contributed by atoms with van der Waals surface area (Å²) in [5.74, 6) is -1.37. The molecule has 148 valence electrons. The third kappa shape index (κ3) is 6.05. The minimum absolute atomic E-state index is 0.0198. The van der Waals surface area contributed by atoms with Crippen LogP contribution in [-0.4, -0.2) is 36.3 Å². The zero-order valence-corrected chi connectivity index (χ0v) is 16.6. The number of nitrogens with zero attached hydrogens (tertiary/aromatic N) is 1. The number of aromatic hydroxyl groups is 1. The molecular weight excluding hydrogens is 433 g/mol. The molecule has 9 heteroatoms. The Morgan fingerprint density at radius 2 is 2.07 bits per heavy atom. The topological polar surface area (TPSA) is 100 Å². The van der Waals surface area contributed by atoms with Crippen molar-refractivity contribution in [1.82, 2.24) is 10.7 Å². The predicted molar refractivity (Wildman–Crippen MR) is 106 cm³/mol. The maximum atomic E-state index is 13.5. The number of phenols is 1. The molecule has 0 saturated carbocycles. The lowest BCUT2D eigenvalue weighted by Gasteiger charge is -2.08. The van der Waals surface area contributed by atoms with Crippen LogP contribution in [-0.2, 0) is 4.79 Å². The first-order valence-corrected chi connectivity index (χ1v) is 9.21. The molecule has 2 amide bonds. The van der Waals surface area contributed by atoms with E-state index in [1.54, 1.807) is 25.1 Å². The van der Waals surface area contributed by atoms with Crippen LogP contribution in [0.1, 0.15) is 29.3 Å². The Morgan fingerprint density at radius 1 is 1.32 bits per heavy atom. The van der Waals surface area contributed by atoms with E-state index in [2.05, 4.69) is 31.8 Å². The molecule has 0 saturated heterocycles. The quantitative estimate of drug-likeness (QED) is 0.424. The van der Waals surface area contributed by atoms with Crippen LogP contribution in [0, 0.1) is 5.82 Å². The second-order valence-electron chi connectivity index (χ2n) is 5.56. The second-order valence-corrected chi connectivity index (χ2v) is 6.42. The molecule has 0 aliphatic heterocycles. The highest BCUT2D eigenvalue weighted by Gasteiger charge is 2.11. The summed E-state index contributed by atoms with van der Waals surface area (Å²) in [6, 6.07) is 8.78. The molecule has 0 fully saturated rings. The molecule has 2 rings (SSSR count). The van der Waals surface area contributed by atoms with Gasteiger partial charge in [-0.3, -0.25) is 9.59 Å². The number of hydrazone groups is 1. The van der Waals surface area contributed by atoms with Gasteiger partial charge in [0, 0.05) is 13.0 Å². The zero-order valence-electron chi connectivity index (χ0n) is 15.0. The minimum Gasteiger partial charge on any atom is -0.503 e. The number of hydrogen-bond donors (Lipinski definition) is 3. The van der Waals surface area contributed by atoms with Crippen molar-refractivity contribution >= 4 is 34.0 Å². The van der Waals surface area contributed by atoms with Gasteiger partial charge in [-0.05, 0) is 52.7 Å². The first-order valence-electron chi connectivity index (χ1n) is 8.42. The molecule has 28 heavy (non-hydrogen) atoms. The average molecular weight is 452 g/mol. The number of halogens is 2. The van der Waals surface area contributed by atoms with Gasteiger partial charge in [0.1, 0.15) is 5.82 Å². The van der Waals surface area contributed by atoms with Crippen LogP contribution in [0.25, 0.3) is 0 Å². The SMILES string of the molecule is CCOc1cc(C=NNC(=O)CCNC(=O)c2ccccc2F)cc(Br)c1O. The Balaban J connectivity index is 1.82. The van der Waals surface area contributed by atoms with E-state index in [4.69, 9.17) is 4.74 Å². The van der Waals surface area contributed by atoms with Crippen LogP contribution >= 0.6 is 15.9 Å². The molecule has 7 nitrogen and oxygen atoms in total. The molecule has 0 unspecified atom stereocenters. The van der Waals surface area contributed by atoms with Crippen molar-refractivity contribution in [2.45, 2.75) is 13.3 Å². The van der Waals surface area contributed by atoms with E-state index in [0.717, 1.165) is 0 Å². The van der Waals surface area contributed by atoms with E-state index in [1.807, 2.05) is 0 Å². The van der Waals surface area contributed by atoms with E-state index < -0.39 is 17.6 Å². The van der Waals surface area contributed by atoms with Crippen molar-refractivity contribution in [2.75, 3.05) is 13.2 Å². The Bertz CT molecular complexity index is 889. The fourth-order valence-electron chi connectivity index (χ4n) is 2.20. The molecule has 2 aromatic rings. The molecule has 0 heterocycles. The van der Waals surface area contributed by atoms with Gasteiger partial charge in [-0.25, -0.2) is 9.82 Å². The first-order chi connectivity index (χ1) is 13.4. The van der Waals surface area contributed by atoms with Crippen molar-refractivity contribution in [2.24, 2.45) is 5.10 Å². The molecule has 3 N–H and O–H groups in total. The van der Waals surface area contributed by atoms with Gasteiger partial charge in [0.25, 0.3) is 5.91 Å². The van der Waals surface area contributed by atoms with Gasteiger partial charge in [0.05, 0.1) is 22.9 Å². The average Bonchev–Trinajstić information content (AvgIpc) is 2.66. The van der Waals surface area contributed by atoms with Gasteiger partial charge >= 0.3 is 0 Å². The van der Waals surface area contributed by atoms with Crippen molar-refractivity contribution in [3.8, 4) is 11.5 Å². The Hall–Kier alpha value is -2.94. The standard InChI is InChI=1S/C19H19BrFN3O4/c1-2-28-16-10-12(9-14(20)18(16)26)11-23-24-17(25)7-8-22-19(27)13-5-3-4-6-15(13)21/h3-6,9-11,26H,2,7-8H2,1H3,(H,22,27)(H,24,25). The number of benzene rings is 2. The van der Waals surface area contributed by atoms with E-state index in [1.165, 1.54) is 24.4 Å². The lowest BCUT2D eigenvalue weighted by Crippen LogP contribution is -2.29. The summed E-state index contributed by atoms with van der Waals surface area (Å²) >= 11 is 3.21. The van der Waals surface area contributed by atoms with E-state index in [9.17, 15) is 19.1 Å². The van der Waals surface area contributed by atoms with Crippen molar-refractivity contribution in [3.63, 3.8) is 0 Å². The highest BCUT2D eigenvalue weighted by Crippen LogP contribution is 2.34. The summed E-state index contributed by atoms with van der Waals surface area (Å²) in [5, 5.41) is 16.2. The number of hydrogen-bond acceptors (Lipinski definition) is 5. The van der Waals surface area contributed by atoms with Crippen LogP contribution in [0.15, 0.2) is 46.0 Å². The summed E-state index contributed by atoms with van der Waals surface area (Å²) in [7, 11) is 0. The van der Waals surface area contributed by atoms with E-state index in [-0.39, 0.29) is 24.3 Å². The molecule has 0 atom stereocenters. The van der Waals surface area contributed by atoms with Crippen LogP contribution in [0.4, 0.5) is 4.39 Å². The summed E-state index contributed by atoms with van der Waals surface area (Å²) < 4.78 is 19.2. The number of amides is 2. The first kappa shape index (κ1) is 21.4. The molecule has 0 radical (unpaired) electrons. The monoisotopic (exact) mass is 451 g/mol. The number of ether oxygens (including phenoxy) is 1. The highest BCUT2D eigenvalue weighted by molar-refractivity contribution is 9.10. The molecule has 0 aliphatic rings. The minimum atomic E-state index is -0.625. The summed E-state index contributed by atoms with van der Waals surface area (Å²) in [4.78, 5) is 23.6. The zero-order chi connectivity index (χ0) is 20.5. The van der Waals surface area contributed by atoms with Crippen molar-refractivity contribution in [3.05, 3.63) is 57.8 Å². The Morgan fingerprint density at radius 3 is 2.79 bits per heavy atom.